The fraction of sp³-hybridized carbons (Fsp3) is 0.632. The average molecular weight is 320 g/mol. The van der Waals surface area contributed by atoms with Crippen molar-refractivity contribution in [3.63, 3.8) is 0 Å². The molecule has 1 aromatic carbocycles. The van der Waals surface area contributed by atoms with E-state index in [-0.39, 0.29) is 22.8 Å². The van der Waals surface area contributed by atoms with Gasteiger partial charge in [0.2, 0.25) is 0 Å². The number of benzene rings is 1. The van der Waals surface area contributed by atoms with Crippen LogP contribution in [0.3, 0.4) is 0 Å². The van der Waals surface area contributed by atoms with Crippen LogP contribution >= 0.6 is 0 Å². The molecule has 0 saturated heterocycles. The normalized spacial score (nSPS) is 13.8. The molecule has 0 radical (unpaired) electrons. The summed E-state index contributed by atoms with van der Waals surface area (Å²) in [5.74, 6) is 0.155. The van der Waals surface area contributed by atoms with Crippen LogP contribution < -0.4 is 11.1 Å². The molecule has 1 rings (SSSR count). The van der Waals surface area contributed by atoms with Gasteiger partial charge in [0.25, 0.3) is 5.91 Å². The molecule has 0 spiro atoms. The fourth-order valence-corrected chi connectivity index (χ4v) is 2.85. The second-order valence-electron chi connectivity index (χ2n) is 8.43. The molecule has 0 heterocycles. The van der Waals surface area contributed by atoms with Crippen molar-refractivity contribution >= 4 is 5.91 Å². The van der Waals surface area contributed by atoms with Crippen LogP contribution in [-0.4, -0.2) is 23.6 Å². The number of amides is 1. The zero-order chi connectivity index (χ0) is 18.2. The van der Waals surface area contributed by atoms with Crippen LogP contribution in [0.5, 0.6) is 5.75 Å². The Kier molecular flexibility index (Phi) is 5.53. The van der Waals surface area contributed by atoms with Gasteiger partial charge in [-0.25, -0.2) is 0 Å². The minimum Gasteiger partial charge on any atom is -0.507 e. The molecule has 1 aromatic rings. The van der Waals surface area contributed by atoms with Crippen LogP contribution in [0.2, 0.25) is 0 Å². The predicted molar refractivity (Wildman–Crippen MR) is 96.2 cm³/mol. The summed E-state index contributed by atoms with van der Waals surface area (Å²) < 4.78 is 0. The van der Waals surface area contributed by atoms with Gasteiger partial charge in [0.1, 0.15) is 5.75 Å². The van der Waals surface area contributed by atoms with E-state index >= 15 is 0 Å². The van der Waals surface area contributed by atoms with E-state index in [1.807, 2.05) is 61.5 Å². The third-order valence-electron chi connectivity index (χ3n) is 4.09. The van der Waals surface area contributed by atoms with E-state index in [4.69, 9.17) is 5.73 Å². The number of phenols is 1. The Labute approximate surface area is 140 Å². The Morgan fingerprint density at radius 1 is 1.22 bits per heavy atom. The second kappa shape index (κ2) is 6.52. The zero-order valence-electron chi connectivity index (χ0n) is 15.8. The highest BCUT2D eigenvalue weighted by Gasteiger charge is 2.30. The number of phenolic OH excluding ortho intramolecular Hbond substituents is 1. The summed E-state index contributed by atoms with van der Waals surface area (Å²) in [5, 5.41) is 13.7. The molecule has 0 saturated carbocycles. The van der Waals surface area contributed by atoms with Crippen molar-refractivity contribution in [3.8, 4) is 5.75 Å². The number of rotatable bonds is 3. The summed E-state index contributed by atoms with van der Waals surface area (Å²) in [5.41, 5.74) is 8.14. The van der Waals surface area contributed by atoms with Gasteiger partial charge in [-0.05, 0) is 36.3 Å². The van der Waals surface area contributed by atoms with Crippen molar-refractivity contribution in [2.75, 3.05) is 6.54 Å². The van der Waals surface area contributed by atoms with Crippen LogP contribution in [0.15, 0.2) is 6.07 Å². The van der Waals surface area contributed by atoms with E-state index in [9.17, 15) is 9.90 Å². The summed E-state index contributed by atoms with van der Waals surface area (Å²) in [4.78, 5) is 12.7. The molecule has 0 aromatic heterocycles. The van der Waals surface area contributed by atoms with Gasteiger partial charge in [0.05, 0.1) is 0 Å². The van der Waals surface area contributed by atoms with Crippen molar-refractivity contribution < 1.29 is 9.90 Å². The van der Waals surface area contributed by atoms with Gasteiger partial charge < -0.3 is 16.2 Å². The molecule has 0 fully saturated rings. The molecular formula is C19H32N2O2. The molecular weight excluding hydrogens is 288 g/mol. The van der Waals surface area contributed by atoms with Gasteiger partial charge in [-0.15, -0.1) is 0 Å². The number of nitrogens with two attached hydrogens (primary N) is 1. The maximum atomic E-state index is 12.7. The summed E-state index contributed by atoms with van der Waals surface area (Å²) in [6.45, 7) is 16.4. The maximum Gasteiger partial charge on any atom is 0.251 e. The number of carbonyl (C=O) groups excluding carboxylic acids is 1. The molecule has 0 bridgehead atoms. The minimum absolute atomic E-state index is 0.0909. The van der Waals surface area contributed by atoms with Crippen LogP contribution in [-0.2, 0) is 10.8 Å². The smallest absolute Gasteiger partial charge is 0.251 e. The topological polar surface area (TPSA) is 75.4 Å². The van der Waals surface area contributed by atoms with E-state index in [1.165, 1.54) is 0 Å². The summed E-state index contributed by atoms with van der Waals surface area (Å²) in [6, 6.07) is 1.73. The van der Waals surface area contributed by atoms with Gasteiger partial charge in [0, 0.05) is 29.3 Å². The lowest BCUT2D eigenvalue weighted by Crippen LogP contribution is -2.38. The molecule has 4 nitrogen and oxygen atoms in total. The summed E-state index contributed by atoms with van der Waals surface area (Å²) in [7, 11) is 0. The first-order chi connectivity index (χ1) is 10.3. The highest BCUT2D eigenvalue weighted by atomic mass is 16.3. The zero-order valence-corrected chi connectivity index (χ0v) is 15.8. The molecule has 0 aliphatic heterocycles. The van der Waals surface area contributed by atoms with Crippen LogP contribution in [0, 0.1) is 6.92 Å². The third kappa shape index (κ3) is 4.25. The number of aromatic hydroxyl groups is 1. The van der Waals surface area contributed by atoms with Gasteiger partial charge in [-0.2, -0.15) is 0 Å². The molecule has 0 aliphatic rings. The molecule has 1 amide bonds. The quantitative estimate of drug-likeness (QED) is 0.799. The first-order valence-electron chi connectivity index (χ1n) is 8.19. The van der Waals surface area contributed by atoms with E-state index in [2.05, 4.69) is 5.32 Å². The van der Waals surface area contributed by atoms with Crippen molar-refractivity contribution in [3.05, 3.63) is 28.3 Å². The standard InChI is InChI=1S/C19H32N2O2/c1-11(10-20)21-17(23)13-9-14(18(3,4)5)16(22)15(12(13)2)19(6,7)8/h9,11,22H,10,20H2,1-8H3,(H,21,23). The number of hydrogen-bond donors (Lipinski definition) is 3. The molecule has 4 heteroatoms. The first kappa shape index (κ1) is 19.5. The van der Waals surface area contributed by atoms with Crippen LogP contribution in [0.1, 0.15) is 75.5 Å². The summed E-state index contributed by atoms with van der Waals surface area (Å²) in [6.07, 6.45) is 0. The van der Waals surface area contributed by atoms with Gasteiger partial charge in [-0.1, -0.05) is 41.5 Å². The van der Waals surface area contributed by atoms with Crippen LogP contribution in [0.25, 0.3) is 0 Å². The average Bonchev–Trinajstić information content (AvgIpc) is 2.35. The van der Waals surface area contributed by atoms with Crippen LogP contribution in [0.4, 0.5) is 0 Å². The van der Waals surface area contributed by atoms with Gasteiger partial charge in [0.15, 0.2) is 0 Å². The lowest BCUT2D eigenvalue weighted by atomic mass is 9.76. The molecule has 1 unspecified atom stereocenters. The molecule has 130 valence electrons. The molecule has 23 heavy (non-hydrogen) atoms. The number of nitrogens with one attached hydrogen (secondary N) is 1. The molecule has 4 N–H and O–H groups in total. The first-order valence-corrected chi connectivity index (χ1v) is 8.19. The lowest BCUT2D eigenvalue weighted by molar-refractivity contribution is 0.0940. The Morgan fingerprint density at radius 2 is 1.74 bits per heavy atom. The van der Waals surface area contributed by atoms with E-state index in [0.717, 1.165) is 16.7 Å². The monoisotopic (exact) mass is 320 g/mol. The van der Waals surface area contributed by atoms with E-state index < -0.39 is 0 Å². The highest BCUT2D eigenvalue weighted by Crippen LogP contribution is 2.42. The maximum absolute atomic E-state index is 12.7. The molecule has 0 aliphatic carbocycles. The Balaban J connectivity index is 3.63. The van der Waals surface area contributed by atoms with Crippen molar-refractivity contribution in [1.82, 2.24) is 5.32 Å². The van der Waals surface area contributed by atoms with Gasteiger partial charge >= 0.3 is 0 Å². The SMILES string of the molecule is Cc1c(C(=O)NC(C)CN)cc(C(C)(C)C)c(O)c1C(C)(C)C. The van der Waals surface area contributed by atoms with Crippen molar-refractivity contribution in [2.45, 2.75) is 72.3 Å². The Hall–Kier alpha value is -1.55. The third-order valence-corrected chi connectivity index (χ3v) is 4.09. The van der Waals surface area contributed by atoms with E-state index in [0.29, 0.717) is 17.9 Å². The minimum atomic E-state index is -0.260. The van der Waals surface area contributed by atoms with Crippen molar-refractivity contribution in [1.29, 1.82) is 0 Å². The molecule has 1 atom stereocenters. The van der Waals surface area contributed by atoms with E-state index in [1.54, 1.807) is 0 Å². The van der Waals surface area contributed by atoms with Crippen molar-refractivity contribution in [2.24, 2.45) is 5.73 Å². The van der Waals surface area contributed by atoms with Gasteiger partial charge in [-0.3, -0.25) is 4.79 Å². The summed E-state index contributed by atoms with van der Waals surface area (Å²) >= 11 is 0. The predicted octanol–water partition coefficient (Wildman–Crippen LogP) is 3.37. The Morgan fingerprint density at radius 3 is 2.13 bits per heavy atom. The lowest BCUT2D eigenvalue weighted by Gasteiger charge is -2.30. The second-order valence-corrected chi connectivity index (χ2v) is 8.43. The highest BCUT2D eigenvalue weighted by molar-refractivity contribution is 5.97. The number of hydrogen-bond acceptors (Lipinski definition) is 3. The fourth-order valence-electron chi connectivity index (χ4n) is 2.85. The largest absolute Gasteiger partial charge is 0.507 e. The number of carbonyl (C=O) groups is 1. The Bertz CT molecular complexity index is 593.